The number of rotatable bonds is 8. The minimum absolute atomic E-state index is 0.0442. The summed E-state index contributed by atoms with van der Waals surface area (Å²) in [6.45, 7) is 6.89. The lowest BCUT2D eigenvalue weighted by atomic mass is 9.83. The maximum absolute atomic E-state index is 7.17. The molecule has 0 N–H and O–H groups in total. The highest BCUT2D eigenvalue weighted by Crippen LogP contribution is 2.75. The summed E-state index contributed by atoms with van der Waals surface area (Å²) < 4.78 is 13.9. The second kappa shape index (κ2) is 8.73. The van der Waals surface area contributed by atoms with Gasteiger partial charge in [0.15, 0.2) is 0 Å². The highest BCUT2D eigenvalue weighted by atomic mass is 16.7. The average molecular weight is 493 g/mol. The van der Waals surface area contributed by atoms with Crippen LogP contribution in [0.4, 0.5) is 0 Å². The summed E-state index contributed by atoms with van der Waals surface area (Å²) in [5.74, 6) is 3.24. The zero-order valence-electron chi connectivity index (χ0n) is 22.6. The van der Waals surface area contributed by atoms with Crippen molar-refractivity contribution in [2.24, 2.45) is 17.3 Å². The van der Waals surface area contributed by atoms with Gasteiger partial charge in [-0.25, -0.2) is 0 Å². The summed E-state index contributed by atoms with van der Waals surface area (Å²) in [7, 11) is 0. The first kappa shape index (κ1) is 23.5. The summed E-state index contributed by atoms with van der Waals surface area (Å²) >= 11 is 0. The molecular formula is C35H40O2. The van der Waals surface area contributed by atoms with Crippen LogP contribution in [0.5, 0.6) is 5.75 Å². The molecule has 1 spiro atoms. The summed E-state index contributed by atoms with van der Waals surface area (Å²) in [4.78, 5) is 0. The van der Waals surface area contributed by atoms with Gasteiger partial charge in [0.2, 0.25) is 6.29 Å². The molecule has 5 atom stereocenters. The van der Waals surface area contributed by atoms with E-state index in [2.05, 4.69) is 93.6 Å². The van der Waals surface area contributed by atoms with Gasteiger partial charge < -0.3 is 9.47 Å². The molecule has 4 aliphatic rings. The van der Waals surface area contributed by atoms with Crippen molar-refractivity contribution in [1.82, 2.24) is 0 Å². The third kappa shape index (κ3) is 3.86. The zero-order chi connectivity index (χ0) is 25.2. The summed E-state index contributed by atoms with van der Waals surface area (Å²) in [5, 5.41) is 0. The van der Waals surface area contributed by atoms with E-state index in [1.165, 1.54) is 66.3 Å². The van der Waals surface area contributed by atoms with E-state index in [4.69, 9.17) is 9.47 Å². The summed E-state index contributed by atoms with van der Waals surface area (Å²) in [6, 6.07) is 26.6. The quantitative estimate of drug-likeness (QED) is 0.292. The third-order valence-electron chi connectivity index (χ3n) is 10.5. The molecule has 3 aromatic carbocycles. The molecule has 0 heterocycles. The van der Waals surface area contributed by atoms with Crippen LogP contribution in [-0.4, -0.2) is 11.9 Å². The van der Waals surface area contributed by atoms with E-state index >= 15 is 0 Å². The van der Waals surface area contributed by atoms with Gasteiger partial charge in [-0.15, -0.1) is 0 Å². The fraction of sp³-hybridized carbons (Fsp3) is 0.486. The van der Waals surface area contributed by atoms with Gasteiger partial charge in [-0.1, -0.05) is 94.3 Å². The predicted molar refractivity (Wildman–Crippen MR) is 150 cm³/mol. The fourth-order valence-electron chi connectivity index (χ4n) is 8.17. The van der Waals surface area contributed by atoms with Gasteiger partial charge in [0.05, 0.1) is 5.60 Å². The summed E-state index contributed by atoms with van der Waals surface area (Å²) in [5.41, 5.74) is 7.41. The SMILES string of the molecule is CC(C)C(C)c1ccc(OC(CC2c3ccccc3-c3ccccc32)OC23CC4CCCC2(C4)C3)cc1. The number of hydrogen-bond donors (Lipinski definition) is 0. The van der Waals surface area contributed by atoms with Gasteiger partial charge >= 0.3 is 0 Å². The van der Waals surface area contributed by atoms with Crippen LogP contribution in [0.25, 0.3) is 11.1 Å². The van der Waals surface area contributed by atoms with Crippen LogP contribution in [0, 0.1) is 17.3 Å². The van der Waals surface area contributed by atoms with E-state index in [0.717, 1.165) is 18.1 Å². The largest absolute Gasteiger partial charge is 0.465 e. The van der Waals surface area contributed by atoms with Crippen LogP contribution in [0.3, 0.4) is 0 Å². The Balaban J connectivity index is 1.19. The molecule has 4 aliphatic carbocycles. The first-order valence-corrected chi connectivity index (χ1v) is 14.6. The normalized spacial score (nSPS) is 28.9. The molecule has 0 saturated heterocycles. The Morgan fingerprint density at radius 3 is 2.16 bits per heavy atom. The number of fused-ring (bicyclic) bond motifs is 4. The standard InChI is InChI=1S/C35H40O2/c1-23(2)24(3)26-14-16-27(17-15-26)36-33(37-35-21-25-9-8-18-34(35,20-25)22-35)19-32-30-12-6-4-10-28(30)29-11-5-7-13-31(29)32/h4-7,10-17,23-25,32-33H,8-9,18-22H2,1-3H3. The van der Waals surface area contributed by atoms with Gasteiger partial charge in [-0.05, 0) is 83.4 Å². The molecule has 2 heteroatoms. The van der Waals surface area contributed by atoms with Crippen LogP contribution in [0.2, 0.25) is 0 Å². The highest BCUT2D eigenvalue weighted by molar-refractivity contribution is 5.78. The maximum Gasteiger partial charge on any atom is 0.201 e. The molecule has 2 bridgehead atoms. The molecule has 7 rings (SSSR count). The predicted octanol–water partition coefficient (Wildman–Crippen LogP) is 9.09. The van der Waals surface area contributed by atoms with Crippen molar-refractivity contribution in [3.05, 3.63) is 89.5 Å². The number of hydrogen-bond acceptors (Lipinski definition) is 2. The van der Waals surface area contributed by atoms with E-state index in [-0.39, 0.29) is 11.9 Å². The Labute approximate surface area is 222 Å². The van der Waals surface area contributed by atoms with Crippen LogP contribution in [-0.2, 0) is 4.74 Å². The first-order chi connectivity index (χ1) is 18.0. The minimum Gasteiger partial charge on any atom is -0.465 e. The molecule has 3 saturated carbocycles. The van der Waals surface area contributed by atoms with Crippen LogP contribution in [0.15, 0.2) is 72.8 Å². The van der Waals surface area contributed by atoms with Gasteiger partial charge in [-0.2, -0.15) is 0 Å². The Morgan fingerprint density at radius 2 is 1.51 bits per heavy atom. The molecule has 3 aromatic rings. The lowest BCUT2D eigenvalue weighted by Gasteiger charge is -2.29. The van der Waals surface area contributed by atoms with Crippen molar-refractivity contribution in [2.45, 2.75) is 89.4 Å². The lowest BCUT2D eigenvalue weighted by Crippen LogP contribution is -2.32. The molecule has 2 nitrogen and oxygen atoms in total. The molecule has 37 heavy (non-hydrogen) atoms. The second-order valence-electron chi connectivity index (χ2n) is 12.8. The van der Waals surface area contributed by atoms with E-state index < -0.39 is 0 Å². The monoisotopic (exact) mass is 492 g/mol. The van der Waals surface area contributed by atoms with Crippen LogP contribution < -0.4 is 4.74 Å². The van der Waals surface area contributed by atoms with Crippen molar-refractivity contribution in [3.8, 4) is 16.9 Å². The minimum atomic E-state index is -0.253. The van der Waals surface area contributed by atoms with E-state index in [9.17, 15) is 0 Å². The molecule has 3 fully saturated rings. The average Bonchev–Trinajstić information content (AvgIpc) is 3.24. The van der Waals surface area contributed by atoms with Gasteiger partial charge in [0, 0.05) is 17.8 Å². The zero-order valence-corrected chi connectivity index (χ0v) is 22.6. The Kier molecular flexibility index (Phi) is 5.55. The Bertz CT molecular complexity index is 1250. The molecule has 0 aromatic heterocycles. The van der Waals surface area contributed by atoms with Gasteiger partial charge in [0.1, 0.15) is 5.75 Å². The molecule has 5 unspecified atom stereocenters. The molecular weight excluding hydrogens is 452 g/mol. The van der Waals surface area contributed by atoms with Gasteiger partial charge in [0.25, 0.3) is 0 Å². The Morgan fingerprint density at radius 1 is 0.838 bits per heavy atom. The number of benzene rings is 3. The maximum atomic E-state index is 7.17. The highest BCUT2D eigenvalue weighted by Gasteiger charge is 2.74. The number of ether oxygens (including phenoxy) is 2. The van der Waals surface area contributed by atoms with Crippen LogP contribution >= 0.6 is 0 Å². The van der Waals surface area contributed by atoms with Crippen molar-refractivity contribution >= 4 is 0 Å². The van der Waals surface area contributed by atoms with Crippen molar-refractivity contribution in [3.63, 3.8) is 0 Å². The van der Waals surface area contributed by atoms with E-state index in [1.807, 2.05) is 0 Å². The Hall–Kier alpha value is -2.58. The van der Waals surface area contributed by atoms with E-state index in [0.29, 0.717) is 23.2 Å². The third-order valence-corrected chi connectivity index (χ3v) is 10.5. The smallest absolute Gasteiger partial charge is 0.201 e. The molecule has 0 aliphatic heterocycles. The molecule has 0 radical (unpaired) electrons. The van der Waals surface area contributed by atoms with Crippen molar-refractivity contribution in [2.75, 3.05) is 0 Å². The summed E-state index contributed by atoms with van der Waals surface area (Å²) in [6.07, 6.45) is 8.53. The van der Waals surface area contributed by atoms with E-state index in [1.54, 1.807) is 0 Å². The molecule has 192 valence electrons. The second-order valence-corrected chi connectivity index (χ2v) is 12.8. The topological polar surface area (TPSA) is 18.5 Å². The van der Waals surface area contributed by atoms with Crippen molar-refractivity contribution in [1.29, 1.82) is 0 Å². The molecule has 0 amide bonds. The van der Waals surface area contributed by atoms with Crippen LogP contribution in [0.1, 0.15) is 94.2 Å². The lowest BCUT2D eigenvalue weighted by molar-refractivity contribution is -0.146. The first-order valence-electron chi connectivity index (χ1n) is 14.6. The van der Waals surface area contributed by atoms with Gasteiger partial charge in [-0.3, -0.25) is 0 Å². The fourth-order valence-corrected chi connectivity index (χ4v) is 8.17. The van der Waals surface area contributed by atoms with Crippen molar-refractivity contribution < 1.29 is 9.47 Å².